The van der Waals surface area contributed by atoms with Gasteiger partial charge in [0.25, 0.3) is 0 Å². The van der Waals surface area contributed by atoms with Crippen LogP contribution in [-0.4, -0.2) is 67.5 Å². The first-order valence-electron chi connectivity index (χ1n) is 10.0. The van der Waals surface area contributed by atoms with Gasteiger partial charge >= 0.3 is 0 Å². The molecule has 3 N–H and O–H groups in total. The van der Waals surface area contributed by atoms with Crippen molar-refractivity contribution in [3.05, 3.63) is 18.2 Å². The van der Waals surface area contributed by atoms with E-state index in [1.54, 1.807) is 13.2 Å². The van der Waals surface area contributed by atoms with Crippen LogP contribution in [0.1, 0.15) is 12.8 Å². The van der Waals surface area contributed by atoms with Gasteiger partial charge in [-0.05, 0) is 24.6 Å². The second-order valence-corrected chi connectivity index (χ2v) is 9.71. The highest BCUT2D eigenvalue weighted by atomic mass is 32.2. The maximum Gasteiger partial charge on any atom is 0.230 e. The average molecular weight is 465 g/mol. The van der Waals surface area contributed by atoms with Gasteiger partial charge in [-0.2, -0.15) is 0 Å². The molecule has 11 heteroatoms. The monoisotopic (exact) mass is 464 g/mol. The molecule has 2 aromatic rings. The third-order valence-electron chi connectivity index (χ3n) is 5.26. The Labute approximate surface area is 187 Å². The zero-order valence-corrected chi connectivity index (χ0v) is 18.6. The van der Waals surface area contributed by atoms with E-state index in [4.69, 9.17) is 9.47 Å². The topological polar surface area (TPSA) is 119 Å². The van der Waals surface area contributed by atoms with Gasteiger partial charge in [-0.1, -0.05) is 11.8 Å². The number of hydrogen-bond acceptors (Lipinski definition) is 8. The number of nitrogens with zero attached hydrogens (tertiary/aromatic N) is 1. The number of methoxy groups -OCH3 is 1. The average Bonchev–Trinajstić information content (AvgIpc) is 3.38. The smallest absolute Gasteiger partial charge is 0.230 e. The lowest BCUT2D eigenvalue weighted by molar-refractivity contribution is -0.123. The van der Waals surface area contributed by atoms with Crippen molar-refractivity contribution in [2.24, 2.45) is 5.92 Å². The van der Waals surface area contributed by atoms with Gasteiger partial charge in [0.2, 0.25) is 17.7 Å². The first-order chi connectivity index (χ1) is 15.0. The molecule has 31 heavy (non-hydrogen) atoms. The Bertz CT molecular complexity index is 982. The summed E-state index contributed by atoms with van der Waals surface area (Å²) in [5.74, 6) is -0.414. The second-order valence-electron chi connectivity index (χ2n) is 7.46. The van der Waals surface area contributed by atoms with E-state index >= 15 is 0 Å². The number of benzene rings is 1. The Balaban J connectivity index is 1.32. The molecule has 2 aliphatic rings. The van der Waals surface area contributed by atoms with Gasteiger partial charge in [0.1, 0.15) is 6.10 Å². The van der Waals surface area contributed by atoms with Crippen LogP contribution in [0, 0.1) is 5.92 Å². The maximum absolute atomic E-state index is 12.4. The zero-order valence-electron chi connectivity index (χ0n) is 17.0. The Morgan fingerprint density at radius 1 is 1.42 bits per heavy atom. The van der Waals surface area contributed by atoms with Gasteiger partial charge in [-0.25, -0.2) is 4.98 Å². The SMILES string of the molecule is COC1COCC[C@@H]1NC(=O)CSc1nc2ccc(NC(=O)C3CNC(=O)C3)cc2s1. The van der Waals surface area contributed by atoms with Gasteiger partial charge in [-0.3, -0.25) is 14.4 Å². The molecule has 3 atom stereocenters. The van der Waals surface area contributed by atoms with Gasteiger partial charge in [-0.15, -0.1) is 11.3 Å². The fourth-order valence-corrected chi connectivity index (χ4v) is 5.48. The largest absolute Gasteiger partial charge is 0.379 e. The van der Waals surface area contributed by atoms with Gasteiger partial charge in [0.15, 0.2) is 4.34 Å². The predicted molar refractivity (Wildman–Crippen MR) is 118 cm³/mol. The molecule has 3 amide bonds. The number of nitrogens with one attached hydrogen (secondary N) is 3. The molecule has 1 aromatic carbocycles. The summed E-state index contributed by atoms with van der Waals surface area (Å²) in [6.45, 7) is 1.47. The van der Waals surface area contributed by atoms with E-state index in [0.29, 0.717) is 25.4 Å². The summed E-state index contributed by atoms with van der Waals surface area (Å²) in [5.41, 5.74) is 1.48. The van der Waals surface area contributed by atoms with Crippen molar-refractivity contribution in [2.75, 3.05) is 37.9 Å². The highest BCUT2D eigenvalue weighted by molar-refractivity contribution is 8.01. The molecular weight excluding hydrogens is 440 g/mol. The van der Waals surface area contributed by atoms with Crippen molar-refractivity contribution in [3.63, 3.8) is 0 Å². The number of aromatic nitrogens is 1. The van der Waals surface area contributed by atoms with E-state index in [9.17, 15) is 14.4 Å². The Morgan fingerprint density at radius 3 is 3.06 bits per heavy atom. The number of thiazole rings is 1. The Kier molecular flexibility index (Phi) is 7.06. The van der Waals surface area contributed by atoms with Crippen molar-refractivity contribution in [3.8, 4) is 0 Å². The van der Waals surface area contributed by atoms with Crippen LogP contribution in [0.5, 0.6) is 0 Å². The molecule has 0 spiro atoms. The van der Waals surface area contributed by atoms with E-state index in [1.165, 1.54) is 23.1 Å². The summed E-state index contributed by atoms with van der Waals surface area (Å²) in [6, 6.07) is 5.46. The Morgan fingerprint density at radius 2 is 2.29 bits per heavy atom. The number of fused-ring (bicyclic) bond motifs is 1. The lowest BCUT2D eigenvalue weighted by atomic mass is 10.1. The first kappa shape index (κ1) is 22.0. The number of amides is 3. The van der Waals surface area contributed by atoms with Crippen LogP contribution in [-0.2, 0) is 23.9 Å². The highest BCUT2D eigenvalue weighted by Crippen LogP contribution is 2.31. The molecule has 2 fully saturated rings. The lowest BCUT2D eigenvalue weighted by Gasteiger charge is -2.30. The second kappa shape index (κ2) is 9.94. The van der Waals surface area contributed by atoms with Crippen molar-refractivity contribution in [2.45, 2.75) is 29.3 Å². The van der Waals surface area contributed by atoms with Crippen LogP contribution in [0.15, 0.2) is 22.5 Å². The molecule has 2 aliphatic heterocycles. The summed E-state index contributed by atoms with van der Waals surface area (Å²) >= 11 is 2.86. The quantitative estimate of drug-likeness (QED) is 0.530. The van der Waals surface area contributed by atoms with E-state index in [2.05, 4.69) is 20.9 Å². The van der Waals surface area contributed by atoms with Crippen LogP contribution in [0.4, 0.5) is 5.69 Å². The van der Waals surface area contributed by atoms with Crippen LogP contribution >= 0.6 is 23.1 Å². The fraction of sp³-hybridized carbons (Fsp3) is 0.500. The summed E-state index contributed by atoms with van der Waals surface area (Å²) in [6.07, 6.45) is 0.823. The number of hydrogen-bond donors (Lipinski definition) is 3. The van der Waals surface area contributed by atoms with Crippen LogP contribution in [0.3, 0.4) is 0 Å². The van der Waals surface area contributed by atoms with Gasteiger partial charge < -0.3 is 25.4 Å². The summed E-state index contributed by atoms with van der Waals surface area (Å²) < 4.78 is 12.5. The first-order valence-corrected chi connectivity index (χ1v) is 11.8. The molecule has 0 radical (unpaired) electrons. The third-order valence-corrected chi connectivity index (χ3v) is 7.43. The van der Waals surface area contributed by atoms with Crippen molar-refractivity contribution < 1.29 is 23.9 Å². The number of rotatable bonds is 7. The zero-order chi connectivity index (χ0) is 21.8. The van der Waals surface area contributed by atoms with Crippen LogP contribution < -0.4 is 16.0 Å². The molecule has 2 unspecified atom stereocenters. The van der Waals surface area contributed by atoms with Crippen molar-refractivity contribution in [1.82, 2.24) is 15.6 Å². The standard InChI is InChI=1S/C20H24N4O5S2/c1-28-15-9-29-5-4-13(15)23-18(26)10-30-20-24-14-3-2-12(7-16(14)31-20)22-19(27)11-6-17(25)21-8-11/h2-3,7,11,13,15H,4-6,8-10H2,1H3,(H,21,25)(H,22,27)(H,23,26)/t11?,13-,15?/m0/s1. The summed E-state index contributed by atoms with van der Waals surface area (Å²) in [4.78, 5) is 40.5. The minimum absolute atomic E-state index is 0.0428. The molecule has 2 saturated heterocycles. The van der Waals surface area contributed by atoms with Crippen LogP contribution in [0.2, 0.25) is 0 Å². The summed E-state index contributed by atoms with van der Waals surface area (Å²) in [5, 5.41) is 8.55. The third kappa shape index (κ3) is 5.53. The van der Waals surface area contributed by atoms with E-state index < -0.39 is 0 Å². The number of carbonyl (C=O) groups is 3. The maximum atomic E-state index is 12.4. The van der Waals surface area contributed by atoms with E-state index in [-0.39, 0.29) is 48.0 Å². The molecule has 3 heterocycles. The molecule has 4 rings (SSSR count). The molecular formula is C20H24N4O5S2. The minimum atomic E-state index is -0.345. The van der Waals surface area contributed by atoms with Crippen LogP contribution in [0.25, 0.3) is 10.2 Å². The fourth-order valence-electron chi connectivity index (χ4n) is 3.56. The molecule has 9 nitrogen and oxygen atoms in total. The molecule has 0 bridgehead atoms. The minimum Gasteiger partial charge on any atom is -0.379 e. The molecule has 166 valence electrons. The molecule has 0 saturated carbocycles. The summed E-state index contributed by atoms with van der Waals surface area (Å²) in [7, 11) is 1.62. The normalized spacial score (nSPS) is 23.5. The molecule has 1 aromatic heterocycles. The molecule has 0 aliphatic carbocycles. The highest BCUT2D eigenvalue weighted by Gasteiger charge is 2.28. The van der Waals surface area contributed by atoms with Gasteiger partial charge in [0.05, 0.1) is 34.5 Å². The van der Waals surface area contributed by atoms with Crippen molar-refractivity contribution >= 4 is 56.7 Å². The number of thioether (sulfide) groups is 1. The van der Waals surface area contributed by atoms with Gasteiger partial charge in [0, 0.05) is 32.4 Å². The van der Waals surface area contributed by atoms with E-state index in [1.807, 2.05) is 12.1 Å². The predicted octanol–water partition coefficient (Wildman–Crippen LogP) is 1.38. The Hall–Kier alpha value is -2.21. The number of carbonyl (C=O) groups excluding carboxylic acids is 3. The lowest BCUT2D eigenvalue weighted by Crippen LogP contribution is -2.50. The number of anilines is 1. The van der Waals surface area contributed by atoms with Crippen molar-refractivity contribution in [1.29, 1.82) is 0 Å². The number of ether oxygens (including phenoxy) is 2. The van der Waals surface area contributed by atoms with E-state index in [0.717, 1.165) is 21.0 Å².